The summed E-state index contributed by atoms with van der Waals surface area (Å²) in [7, 11) is -3.98. The van der Waals surface area contributed by atoms with Crippen LogP contribution in [0.25, 0.3) is 0 Å². The SMILES string of the molecule is N#Cc1cc(C(F)(F)F)ccc1N1CCOc2cc(S(=O)(=O)Nc3ccncn3)ccc21. The summed E-state index contributed by atoms with van der Waals surface area (Å²) in [6, 6.07) is 10.2. The molecule has 0 unspecified atom stereocenters. The van der Waals surface area contributed by atoms with E-state index in [1.807, 2.05) is 0 Å². The van der Waals surface area contributed by atoms with Crippen molar-refractivity contribution in [2.75, 3.05) is 22.8 Å². The Hall–Kier alpha value is -3.85. The highest BCUT2D eigenvalue weighted by Crippen LogP contribution is 2.41. The molecule has 1 aromatic heterocycles. The first-order valence-corrected chi connectivity index (χ1v) is 10.6. The molecular formula is C20H14F3N5O3S. The van der Waals surface area contributed by atoms with Crippen LogP contribution in [0, 0.1) is 11.3 Å². The van der Waals surface area contributed by atoms with Gasteiger partial charge in [0.05, 0.1) is 33.9 Å². The van der Waals surface area contributed by atoms with Crippen LogP contribution >= 0.6 is 0 Å². The minimum atomic E-state index is -4.58. The quantitative estimate of drug-likeness (QED) is 0.631. The number of ether oxygens (including phenoxy) is 1. The predicted octanol–water partition coefficient (Wildman–Crippen LogP) is 3.70. The van der Waals surface area contributed by atoms with E-state index >= 15 is 0 Å². The first-order chi connectivity index (χ1) is 15.2. The van der Waals surface area contributed by atoms with Crippen molar-refractivity contribution in [1.82, 2.24) is 9.97 Å². The Bertz CT molecular complexity index is 1310. The van der Waals surface area contributed by atoms with Crippen molar-refractivity contribution in [3.05, 3.63) is 66.1 Å². The lowest BCUT2D eigenvalue weighted by atomic mass is 10.1. The normalized spacial score (nSPS) is 13.6. The standard InChI is InChI=1S/C20H14F3N5O3S/c21-20(22,23)14-1-3-16(13(9-14)11-24)28-7-8-31-18-10-15(2-4-17(18)28)32(29,30)27-19-5-6-25-12-26-19/h1-6,9-10,12H,7-8H2,(H,25,26,27). The van der Waals surface area contributed by atoms with Gasteiger partial charge in [0.25, 0.3) is 10.0 Å². The number of nitrogens with one attached hydrogen (secondary N) is 1. The fourth-order valence-corrected chi connectivity index (χ4v) is 4.23. The van der Waals surface area contributed by atoms with Crippen LogP contribution in [-0.4, -0.2) is 31.5 Å². The third-order valence-electron chi connectivity index (χ3n) is 4.66. The molecule has 0 saturated heterocycles. The lowest BCUT2D eigenvalue weighted by Gasteiger charge is -2.32. The van der Waals surface area contributed by atoms with E-state index in [4.69, 9.17) is 4.74 Å². The summed E-state index contributed by atoms with van der Waals surface area (Å²) in [5.74, 6) is 0.300. The number of hydrogen-bond acceptors (Lipinski definition) is 7. The van der Waals surface area contributed by atoms with Gasteiger partial charge in [-0.1, -0.05) is 0 Å². The molecule has 164 valence electrons. The summed E-state index contributed by atoms with van der Waals surface area (Å²) in [4.78, 5) is 9.06. The minimum Gasteiger partial charge on any atom is -0.489 e. The van der Waals surface area contributed by atoms with E-state index in [0.29, 0.717) is 5.69 Å². The molecule has 12 heteroatoms. The number of fused-ring (bicyclic) bond motifs is 1. The molecule has 2 heterocycles. The molecule has 1 aliphatic rings. The van der Waals surface area contributed by atoms with E-state index in [0.717, 1.165) is 12.1 Å². The zero-order valence-electron chi connectivity index (χ0n) is 16.2. The number of aromatic nitrogens is 2. The number of nitriles is 1. The number of nitrogens with zero attached hydrogens (tertiary/aromatic N) is 4. The minimum absolute atomic E-state index is 0.0867. The molecule has 2 aromatic carbocycles. The highest BCUT2D eigenvalue weighted by molar-refractivity contribution is 7.92. The van der Waals surface area contributed by atoms with Gasteiger partial charge in [-0.15, -0.1) is 0 Å². The van der Waals surface area contributed by atoms with Gasteiger partial charge in [0, 0.05) is 12.3 Å². The van der Waals surface area contributed by atoms with E-state index in [9.17, 15) is 26.9 Å². The maximum Gasteiger partial charge on any atom is 0.416 e. The third-order valence-corrected chi connectivity index (χ3v) is 6.01. The Morgan fingerprint density at radius 1 is 1.12 bits per heavy atom. The van der Waals surface area contributed by atoms with Gasteiger partial charge in [0.1, 0.15) is 30.6 Å². The zero-order chi connectivity index (χ0) is 22.9. The smallest absolute Gasteiger partial charge is 0.416 e. The van der Waals surface area contributed by atoms with Crippen LogP contribution in [0.5, 0.6) is 5.75 Å². The number of benzene rings is 2. The zero-order valence-corrected chi connectivity index (χ0v) is 17.0. The Balaban J connectivity index is 1.70. The second-order valence-electron chi connectivity index (χ2n) is 6.67. The average Bonchev–Trinajstić information content (AvgIpc) is 2.77. The molecule has 0 aliphatic carbocycles. The van der Waals surface area contributed by atoms with Crippen molar-refractivity contribution < 1.29 is 26.3 Å². The molecule has 1 aliphatic heterocycles. The number of alkyl halides is 3. The highest BCUT2D eigenvalue weighted by Gasteiger charge is 2.32. The molecule has 0 amide bonds. The van der Waals surface area contributed by atoms with E-state index in [1.165, 1.54) is 42.9 Å². The van der Waals surface area contributed by atoms with Crippen LogP contribution in [0.1, 0.15) is 11.1 Å². The molecule has 0 radical (unpaired) electrons. The predicted molar refractivity (Wildman–Crippen MR) is 108 cm³/mol. The Kier molecular flexibility index (Phi) is 5.35. The Morgan fingerprint density at radius 2 is 1.91 bits per heavy atom. The van der Waals surface area contributed by atoms with Crippen molar-refractivity contribution >= 4 is 27.2 Å². The van der Waals surface area contributed by atoms with E-state index in [2.05, 4.69) is 14.7 Å². The molecule has 3 aromatic rings. The molecule has 0 fully saturated rings. The molecule has 1 N–H and O–H groups in total. The van der Waals surface area contributed by atoms with Gasteiger partial charge in [0.2, 0.25) is 0 Å². The van der Waals surface area contributed by atoms with Gasteiger partial charge in [-0.25, -0.2) is 18.4 Å². The highest BCUT2D eigenvalue weighted by atomic mass is 32.2. The summed E-state index contributed by atoms with van der Waals surface area (Å²) in [6.07, 6.45) is -1.99. The van der Waals surface area contributed by atoms with Crippen molar-refractivity contribution in [3.8, 4) is 11.8 Å². The molecule has 8 nitrogen and oxygen atoms in total. The van der Waals surface area contributed by atoms with Crippen LogP contribution in [0.2, 0.25) is 0 Å². The van der Waals surface area contributed by atoms with Gasteiger partial charge >= 0.3 is 6.18 Å². The largest absolute Gasteiger partial charge is 0.489 e. The summed E-state index contributed by atoms with van der Waals surface area (Å²) in [5, 5.41) is 9.40. The number of anilines is 3. The number of halogens is 3. The summed E-state index contributed by atoms with van der Waals surface area (Å²) >= 11 is 0. The van der Waals surface area contributed by atoms with E-state index in [1.54, 1.807) is 11.0 Å². The first-order valence-electron chi connectivity index (χ1n) is 9.13. The molecule has 0 saturated carbocycles. The van der Waals surface area contributed by atoms with Crippen LogP contribution in [0.3, 0.4) is 0 Å². The monoisotopic (exact) mass is 461 g/mol. The number of rotatable bonds is 4. The fraction of sp³-hybridized carbons (Fsp3) is 0.150. The van der Waals surface area contributed by atoms with Gasteiger partial charge < -0.3 is 9.64 Å². The van der Waals surface area contributed by atoms with Gasteiger partial charge in [-0.2, -0.15) is 18.4 Å². The van der Waals surface area contributed by atoms with Crippen LogP contribution < -0.4 is 14.4 Å². The molecule has 32 heavy (non-hydrogen) atoms. The van der Waals surface area contributed by atoms with Crippen LogP contribution in [-0.2, 0) is 16.2 Å². The summed E-state index contributed by atoms with van der Waals surface area (Å²) in [6.45, 7) is 0.403. The lowest BCUT2D eigenvalue weighted by Crippen LogP contribution is -2.29. The topological polar surface area (TPSA) is 108 Å². The van der Waals surface area contributed by atoms with E-state index < -0.39 is 21.8 Å². The van der Waals surface area contributed by atoms with Crippen LogP contribution in [0.15, 0.2) is 59.9 Å². The first kappa shape index (κ1) is 21.4. The molecule has 4 rings (SSSR count). The summed E-state index contributed by atoms with van der Waals surface area (Å²) < 4.78 is 72.3. The van der Waals surface area contributed by atoms with Gasteiger partial charge in [-0.3, -0.25) is 4.72 Å². The van der Waals surface area contributed by atoms with Crippen LogP contribution in [0.4, 0.5) is 30.4 Å². The second kappa shape index (κ2) is 8.01. The van der Waals surface area contributed by atoms with Gasteiger partial charge in [-0.05, 0) is 36.4 Å². The number of hydrogen-bond donors (Lipinski definition) is 1. The van der Waals surface area contributed by atoms with Crippen molar-refractivity contribution in [1.29, 1.82) is 5.26 Å². The van der Waals surface area contributed by atoms with Gasteiger partial charge in [0.15, 0.2) is 0 Å². The second-order valence-corrected chi connectivity index (χ2v) is 8.35. The fourth-order valence-electron chi connectivity index (χ4n) is 3.20. The van der Waals surface area contributed by atoms with E-state index in [-0.39, 0.29) is 40.9 Å². The van der Waals surface area contributed by atoms with Crippen molar-refractivity contribution in [2.45, 2.75) is 11.1 Å². The lowest BCUT2D eigenvalue weighted by molar-refractivity contribution is -0.137. The third kappa shape index (κ3) is 4.15. The maximum atomic E-state index is 13.0. The Morgan fingerprint density at radius 3 is 2.59 bits per heavy atom. The maximum absolute atomic E-state index is 13.0. The Labute approximate surface area is 181 Å². The van der Waals surface area contributed by atoms with Crippen molar-refractivity contribution in [3.63, 3.8) is 0 Å². The molecule has 0 bridgehead atoms. The summed E-state index contributed by atoms with van der Waals surface area (Å²) in [5.41, 5.74) is -0.397. The average molecular weight is 461 g/mol. The van der Waals surface area contributed by atoms with Crippen molar-refractivity contribution in [2.24, 2.45) is 0 Å². The number of sulfonamides is 1. The molecule has 0 spiro atoms. The molecule has 0 atom stereocenters. The molecular weight excluding hydrogens is 447 g/mol.